The molecule has 0 fully saturated rings. The molecular formula is C24H16F2N2O4. The van der Waals surface area contributed by atoms with Gasteiger partial charge in [-0.1, -0.05) is 18.2 Å². The summed E-state index contributed by atoms with van der Waals surface area (Å²) in [5.41, 5.74) is 0.291. The molecule has 32 heavy (non-hydrogen) atoms. The van der Waals surface area contributed by atoms with Gasteiger partial charge >= 0.3 is 5.97 Å². The van der Waals surface area contributed by atoms with Crippen molar-refractivity contribution in [2.45, 2.75) is 0 Å². The third-order valence-corrected chi connectivity index (χ3v) is 4.26. The summed E-state index contributed by atoms with van der Waals surface area (Å²) in [7, 11) is 1.34. The van der Waals surface area contributed by atoms with Crippen molar-refractivity contribution < 1.29 is 27.8 Å². The zero-order chi connectivity index (χ0) is 23.1. The second-order valence-corrected chi connectivity index (χ2v) is 6.41. The number of halogens is 2. The van der Waals surface area contributed by atoms with E-state index in [1.54, 1.807) is 6.07 Å². The Labute approximate surface area is 182 Å². The minimum absolute atomic E-state index is 0.0344. The minimum Gasteiger partial charge on any atom is -0.493 e. The van der Waals surface area contributed by atoms with Crippen LogP contribution in [0.1, 0.15) is 15.9 Å². The van der Waals surface area contributed by atoms with Gasteiger partial charge in [0.25, 0.3) is 5.91 Å². The first kappa shape index (κ1) is 22.2. The van der Waals surface area contributed by atoms with Gasteiger partial charge in [-0.3, -0.25) is 4.79 Å². The van der Waals surface area contributed by atoms with Crippen molar-refractivity contribution in [3.8, 4) is 17.6 Å². The van der Waals surface area contributed by atoms with Gasteiger partial charge in [0, 0.05) is 5.69 Å². The van der Waals surface area contributed by atoms with Crippen LogP contribution in [0.25, 0.3) is 6.08 Å². The van der Waals surface area contributed by atoms with Crippen molar-refractivity contribution in [1.82, 2.24) is 0 Å². The Hall–Kier alpha value is -4.51. The van der Waals surface area contributed by atoms with Crippen LogP contribution >= 0.6 is 0 Å². The summed E-state index contributed by atoms with van der Waals surface area (Å²) < 4.78 is 37.2. The minimum atomic E-state index is -0.902. The van der Waals surface area contributed by atoms with Gasteiger partial charge in [-0.25, -0.2) is 13.6 Å². The fraction of sp³-hybridized carbons (Fsp3) is 0.0417. The number of rotatable bonds is 6. The van der Waals surface area contributed by atoms with Gasteiger partial charge in [-0.15, -0.1) is 0 Å². The summed E-state index contributed by atoms with van der Waals surface area (Å²) in [4.78, 5) is 24.6. The molecule has 0 radical (unpaired) electrons. The van der Waals surface area contributed by atoms with Crippen molar-refractivity contribution in [3.05, 3.63) is 95.1 Å². The number of ether oxygens (including phenoxy) is 2. The molecule has 0 aliphatic carbocycles. The largest absolute Gasteiger partial charge is 0.493 e. The zero-order valence-corrected chi connectivity index (χ0v) is 16.8. The normalized spacial score (nSPS) is 10.8. The molecule has 1 amide bonds. The first-order valence-corrected chi connectivity index (χ1v) is 9.24. The number of nitriles is 1. The van der Waals surface area contributed by atoms with Gasteiger partial charge in [0.2, 0.25) is 0 Å². The molecule has 0 aliphatic heterocycles. The summed E-state index contributed by atoms with van der Waals surface area (Å²) in [5, 5.41) is 11.9. The van der Waals surface area contributed by atoms with Crippen LogP contribution in [0.5, 0.6) is 11.5 Å². The summed E-state index contributed by atoms with van der Waals surface area (Å²) >= 11 is 0. The number of methoxy groups -OCH3 is 1. The molecule has 160 valence electrons. The number of carbonyl (C=O) groups excluding carboxylic acids is 2. The number of hydrogen-bond acceptors (Lipinski definition) is 5. The van der Waals surface area contributed by atoms with Gasteiger partial charge in [-0.2, -0.15) is 5.26 Å². The van der Waals surface area contributed by atoms with Crippen molar-refractivity contribution in [2.24, 2.45) is 0 Å². The van der Waals surface area contributed by atoms with E-state index in [1.165, 1.54) is 73.8 Å². The Kier molecular flexibility index (Phi) is 6.93. The SMILES string of the molecule is COc1cc(/C=C(\C#N)C(=O)Nc2ccc(F)cc2)ccc1OC(=O)c1ccccc1F. The van der Waals surface area contributed by atoms with Gasteiger partial charge in [0.15, 0.2) is 11.5 Å². The summed E-state index contributed by atoms with van der Waals surface area (Å²) in [6, 6.07) is 16.6. The lowest BCUT2D eigenvalue weighted by atomic mass is 10.1. The highest BCUT2D eigenvalue weighted by Crippen LogP contribution is 2.30. The number of hydrogen-bond donors (Lipinski definition) is 1. The molecule has 0 aliphatic rings. The lowest BCUT2D eigenvalue weighted by Crippen LogP contribution is -2.13. The topological polar surface area (TPSA) is 88.4 Å². The van der Waals surface area contributed by atoms with E-state index in [1.807, 2.05) is 0 Å². The fourth-order valence-corrected chi connectivity index (χ4v) is 2.69. The Morgan fingerprint density at radius 3 is 2.38 bits per heavy atom. The van der Waals surface area contributed by atoms with Crippen LogP contribution in [0.2, 0.25) is 0 Å². The van der Waals surface area contributed by atoms with E-state index in [2.05, 4.69) is 5.32 Å². The summed E-state index contributed by atoms with van der Waals surface area (Å²) in [6.07, 6.45) is 1.31. The van der Waals surface area contributed by atoms with E-state index in [-0.39, 0.29) is 22.6 Å². The van der Waals surface area contributed by atoms with E-state index in [0.717, 1.165) is 6.07 Å². The average molecular weight is 434 g/mol. The maximum Gasteiger partial charge on any atom is 0.346 e. The van der Waals surface area contributed by atoms with Crippen LogP contribution in [-0.4, -0.2) is 19.0 Å². The predicted octanol–water partition coefficient (Wildman–Crippen LogP) is 4.74. The molecule has 8 heteroatoms. The number of esters is 1. The highest BCUT2D eigenvalue weighted by atomic mass is 19.1. The van der Waals surface area contributed by atoms with E-state index in [4.69, 9.17) is 9.47 Å². The standard InChI is InChI=1S/C24H16F2N2O4/c1-31-22-13-15(6-11-21(22)32-24(30)19-4-2-3-5-20(19)26)12-16(14-27)23(29)28-18-9-7-17(25)8-10-18/h2-13H,1H3,(H,28,29)/b16-12+. The molecule has 0 spiro atoms. The average Bonchev–Trinajstić information content (AvgIpc) is 2.79. The van der Waals surface area contributed by atoms with Crippen LogP contribution in [0, 0.1) is 23.0 Å². The zero-order valence-electron chi connectivity index (χ0n) is 16.8. The molecule has 3 rings (SSSR count). The van der Waals surface area contributed by atoms with E-state index >= 15 is 0 Å². The van der Waals surface area contributed by atoms with Crippen molar-refractivity contribution in [2.75, 3.05) is 12.4 Å². The molecule has 3 aromatic carbocycles. The molecule has 0 atom stereocenters. The number of amides is 1. The molecule has 0 aromatic heterocycles. The molecule has 0 saturated heterocycles. The predicted molar refractivity (Wildman–Crippen MR) is 113 cm³/mol. The van der Waals surface area contributed by atoms with Gasteiger partial charge in [0.05, 0.1) is 12.7 Å². The third kappa shape index (κ3) is 5.34. The second kappa shape index (κ2) is 10.00. The molecular weight excluding hydrogens is 418 g/mol. The van der Waals surface area contributed by atoms with E-state index in [9.17, 15) is 23.6 Å². The Balaban J connectivity index is 1.80. The monoisotopic (exact) mass is 434 g/mol. The van der Waals surface area contributed by atoms with Crippen molar-refractivity contribution >= 4 is 23.6 Å². The van der Waals surface area contributed by atoms with E-state index < -0.39 is 23.5 Å². The number of nitrogens with one attached hydrogen (secondary N) is 1. The fourth-order valence-electron chi connectivity index (χ4n) is 2.69. The summed E-state index contributed by atoms with van der Waals surface area (Å²) in [6.45, 7) is 0. The molecule has 0 bridgehead atoms. The van der Waals surface area contributed by atoms with Crippen LogP contribution in [0.4, 0.5) is 14.5 Å². The number of anilines is 1. The molecule has 3 aromatic rings. The highest BCUT2D eigenvalue weighted by molar-refractivity contribution is 6.09. The molecule has 6 nitrogen and oxygen atoms in total. The number of benzene rings is 3. The second-order valence-electron chi connectivity index (χ2n) is 6.41. The smallest absolute Gasteiger partial charge is 0.346 e. The van der Waals surface area contributed by atoms with Gasteiger partial charge < -0.3 is 14.8 Å². The van der Waals surface area contributed by atoms with Crippen LogP contribution < -0.4 is 14.8 Å². The lowest BCUT2D eigenvalue weighted by Gasteiger charge is -2.10. The van der Waals surface area contributed by atoms with Crippen molar-refractivity contribution in [1.29, 1.82) is 5.26 Å². The van der Waals surface area contributed by atoms with Crippen LogP contribution in [0.15, 0.2) is 72.3 Å². The maximum absolute atomic E-state index is 13.8. The Morgan fingerprint density at radius 2 is 1.72 bits per heavy atom. The third-order valence-electron chi connectivity index (χ3n) is 4.26. The molecule has 1 N–H and O–H groups in total. The first-order chi connectivity index (χ1) is 15.4. The highest BCUT2D eigenvalue weighted by Gasteiger charge is 2.17. The maximum atomic E-state index is 13.8. The Bertz CT molecular complexity index is 1230. The van der Waals surface area contributed by atoms with Crippen molar-refractivity contribution in [3.63, 3.8) is 0 Å². The van der Waals surface area contributed by atoms with E-state index in [0.29, 0.717) is 11.3 Å². The molecule has 0 saturated carbocycles. The molecule has 0 heterocycles. The quantitative estimate of drug-likeness (QED) is 0.262. The Morgan fingerprint density at radius 1 is 1.00 bits per heavy atom. The van der Waals surface area contributed by atoms with Crippen LogP contribution in [0.3, 0.4) is 0 Å². The first-order valence-electron chi connectivity index (χ1n) is 9.24. The van der Waals surface area contributed by atoms with Gasteiger partial charge in [-0.05, 0) is 60.2 Å². The lowest BCUT2D eigenvalue weighted by molar-refractivity contribution is -0.112. The van der Waals surface area contributed by atoms with Gasteiger partial charge in [0.1, 0.15) is 23.3 Å². The van der Waals surface area contributed by atoms with Crippen LogP contribution in [-0.2, 0) is 4.79 Å². The number of carbonyl (C=O) groups is 2. The summed E-state index contributed by atoms with van der Waals surface area (Å²) in [5.74, 6) is -2.59. The molecule has 0 unspecified atom stereocenters. The number of nitrogens with zero attached hydrogens (tertiary/aromatic N) is 1.